The van der Waals surface area contributed by atoms with Gasteiger partial charge in [-0.3, -0.25) is 4.79 Å². The van der Waals surface area contributed by atoms with Crippen LogP contribution in [0.25, 0.3) is 0 Å². The number of hydrogen-bond acceptors (Lipinski definition) is 10. The van der Waals surface area contributed by atoms with Crippen LogP contribution < -0.4 is 4.74 Å². The first-order valence-corrected chi connectivity index (χ1v) is 9.47. The lowest BCUT2D eigenvalue weighted by Crippen LogP contribution is -2.60. The summed E-state index contributed by atoms with van der Waals surface area (Å²) in [5.74, 6) is -4.18. The zero-order valence-corrected chi connectivity index (χ0v) is 16.7. The molecule has 1 saturated heterocycles. The quantitative estimate of drug-likeness (QED) is 0.281. The number of carboxylic acids is 1. The van der Waals surface area contributed by atoms with Gasteiger partial charge in [0.05, 0.1) is 17.7 Å². The smallest absolute Gasteiger partial charge is 0.336 e. The van der Waals surface area contributed by atoms with E-state index in [1.165, 1.54) is 31.2 Å². The minimum Gasteiger partial charge on any atom is -0.507 e. The molecule has 11 nitrogen and oxygen atoms in total. The minimum absolute atomic E-state index is 0.365. The van der Waals surface area contributed by atoms with Crippen LogP contribution in [0.2, 0.25) is 0 Å². The number of carbonyl (C=O) groups is 2. The number of carbonyl (C=O) groups excluding carboxylic acids is 1. The Morgan fingerprint density at radius 2 is 1.69 bits per heavy atom. The maximum absolute atomic E-state index is 13.2. The molecule has 0 aliphatic carbocycles. The Balaban J connectivity index is 2.05. The molecule has 172 valence electrons. The largest absolute Gasteiger partial charge is 0.507 e. The summed E-state index contributed by atoms with van der Waals surface area (Å²) in [7, 11) is 0. The molecule has 0 bridgehead atoms. The van der Waals surface area contributed by atoms with Gasteiger partial charge in [-0.15, -0.1) is 0 Å². The Morgan fingerprint density at radius 1 is 1.00 bits per heavy atom. The lowest BCUT2D eigenvalue weighted by Gasteiger charge is -2.39. The van der Waals surface area contributed by atoms with Crippen molar-refractivity contribution in [2.24, 2.45) is 0 Å². The van der Waals surface area contributed by atoms with Crippen LogP contribution in [-0.4, -0.2) is 84.8 Å². The lowest BCUT2D eigenvalue weighted by molar-refractivity contribution is -0.277. The van der Waals surface area contributed by atoms with E-state index in [4.69, 9.17) is 9.47 Å². The van der Waals surface area contributed by atoms with E-state index in [1.54, 1.807) is 0 Å². The van der Waals surface area contributed by atoms with Crippen molar-refractivity contribution >= 4 is 11.8 Å². The molecule has 11 heteroatoms. The zero-order chi connectivity index (χ0) is 23.7. The van der Waals surface area contributed by atoms with E-state index < -0.39 is 77.3 Å². The van der Waals surface area contributed by atoms with Gasteiger partial charge in [0, 0.05) is 0 Å². The number of aromatic carboxylic acids is 1. The van der Waals surface area contributed by atoms with Crippen molar-refractivity contribution < 1.29 is 54.8 Å². The molecular formula is C21H22O11. The number of aryl methyl sites for hydroxylation is 1. The molecule has 1 fully saturated rings. The average Bonchev–Trinajstić information content (AvgIpc) is 2.73. The van der Waals surface area contributed by atoms with Crippen LogP contribution in [0.15, 0.2) is 30.3 Å². The summed E-state index contributed by atoms with van der Waals surface area (Å²) < 4.78 is 10.7. The zero-order valence-electron chi connectivity index (χ0n) is 16.7. The van der Waals surface area contributed by atoms with E-state index in [-0.39, 0.29) is 5.75 Å². The number of carboxylic acid groups (broad SMARTS) is 1. The molecule has 0 unspecified atom stereocenters. The Kier molecular flexibility index (Phi) is 6.67. The van der Waals surface area contributed by atoms with Crippen LogP contribution in [0.1, 0.15) is 31.8 Å². The molecule has 2 aromatic carbocycles. The predicted octanol–water partition coefficient (Wildman–Crippen LogP) is -0.486. The van der Waals surface area contributed by atoms with Crippen molar-refractivity contribution in [1.82, 2.24) is 0 Å². The lowest BCUT2D eigenvalue weighted by atomic mass is 9.94. The summed E-state index contributed by atoms with van der Waals surface area (Å²) in [4.78, 5) is 24.9. The molecule has 7 N–H and O–H groups in total. The van der Waals surface area contributed by atoms with Gasteiger partial charge in [0.1, 0.15) is 47.2 Å². The second kappa shape index (κ2) is 9.10. The van der Waals surface area contributed by atoms with Crippen molar-refractivity contribution in [1.29, 1.82) is 0 Å². The number of phenolic OH excluding ortho intramolecular Hbond substituents is 2. The molecule has 1 heterocycles. The molecule has 0 spiro atoms. The maximum Gasteiger partial charge on any atom is 0.336 e. The number of aliphatic hydroxyl groups is 4. The van der Waals surface area contributed by atoms with Crippen LogP contribution >= 0.6 is 0 Å². The van der Waals surface area contributed by atoms with Gasteiger partial charge in [0.25, 0.3) is 0 Å². The highest BCUT2D eigenvalue weighted by molar-refractivity contribution is 6.18. The van der Waals surface area contributed by atoms with Gasteiger partial charge in [-0.1, -0.05) is 6.07 Å². The monoisotopic (exact) mass is 450 g/mol. The number of phenols is 2. The highest BCUT2D eigenvalue weighted by atomic mass is 16.7. The Hall–Kier alpha value is -3.22. The Labute approximate surface area is 181 Å². The van der Waals surface area contributed by atoms with Crippen molar-refractivity contribution in [3.05, 3.63) is 52.6 Å². The van der Waals surface area contributed by atoms with Gasteiger partial charge in [-0.05, 0) is 36.8 Å². The van der Waals surface area contributed by atoms with Crippen molar-refractivity contribution in [3.63, 3.8) is 0 Å². The molecule has 1 aliphatic heterocycles. The fraction of sp³-hybridized carbons (Fsp3) is 0.333. The number of benzene rings is 2. The number of aromatic hydroxyl groups is 2. The highest BCUT2D eigenvalue weighted by Crippen LogP contribution is 2.36. The van der Waals surface area contributed by atoms with Crippen LogP contribution in [-0.2, 0) is 4.74 Å². The Morgan fingerprint density at radius 3 is 2.31 bits per heavy atom. The van der Waals surface area contributed by atoms with Gasteiger partial charge in [-0.25, -0.2) is 4.79 Å². The van der Waals surface area contributed by atoms with Crippen molar-refractivity contribution in [2.75, 3.05) is 6.61 Å². The fourth-order valence-electron chi connectivity index (χ4n) is 3.44. The average molecular weight is 450 g/mol. The van der Waals surface area contributed by atoms with Crippen LogP contribution in [0.4, 0.5) is 0 Å². The molecule has 0 saturated carbocycles. The third kappa shape index (κ3) is 4.24. The third-order valence-electron chi connectivity index (χ3n) is 5.04. The molecular weight excluding hydrogens is 428 g/mol. The maximum atomic E-state index is 13.2. The van der Waals surface area contributed by atoms with Crippen molar-refractivity contribution in [3.8, 4) is 17.2 Å². The SMILES string of the molecule is Cc1cc(O)c(C(=O)c2c(O)cccc2O[C@@H]2O[C@H](CO)[C@@H](O)[C@H](O)[C@H]2O)c(C(=O)O)c1. The number of ketones is 1. The van der Waals surface area contributed by atoms with Gasteiger partial charge in [0.15, 0.2) is 0 Å². The van der Waals surface area contributed by atoms with E-state index in [0.717, 1.165) is 6.07 Å². The van der Waals surface area contributed by atoms with E-state index in [0.29, 0.717) is 5.56 Å². The minimum atomic E-state index is -1.79. The second-order valence-electron chi connectivity index (χ2n) is 7.31. The van der Waals surface area contributed by atoms with Crippen LogP contribution in [0.5, 0.6) is 17.2 Å². The summed E-state index contributed by atoms with van der Waals surface area (Å²) in [6.07, 6.45) is -8.12. The number of rotatable bonds is 6. The standard InChI is InChI=1S/C21H22O11/c1-8-5-9(20(29)30)14(11(24)6-8)17(26)15-10(23)3-2-4-12(15)31-21-19(28)18(27)16(25)13(7-22)32-21/h2-6,13,16,18-19,21-25,27-28H,7H2,1H3,(H,29,30)/t13-,16-,18+,19-,21-/m1/s1. The first-order valence-electron chi connectivity index (χ1n) is 9.47. The number of ether oxygens (including phenoxy) is 2. The van der Waals surface area contributed by atoms with E-state index in [9.17, 15) is 45.3 Å². The van der Waals surface area contributed by atoms with E-state index in [2.05, 4.69) is 0 Å². The molecule has 0 aromatic heterocycles. The van der Waals surface area contributed by atoms with Gasteiger partial charge in [0.2, 0.25) is 12.1 Å². The predicted molar refractivity (Wildman–Crippen MR) is 106 cm³/mol. The number of hydrogen-bond donors (Lipinski definition) is 7. The summed E-state index contributed by atoms with van der Waals surface area (Å²) >= 11 is 0. The first kappa shape index (κ1) is 23.4. The fourth-order valence-corrected chi connectivity index (χ4v) is 3.44. The van der Waals surface area contributed by atoms with Crippen molar-refractivity contribution in [2.45, 2.75) is 37.6 Å². The second-order valence-corrected chi connectivity index (χ2v) is 7.31. The third-order valence-corrected chi connectivity index (χ3v) is 5.04. The highest BCUT2D eigenvalue weighted by Gasteiger charge is 2.45. The topological polar surface area (TPSA) is 194 Å². The summed E-state index contributed by atoms with van der Waals surface area (Å²) in [5, 5.41) is 69.4. The molecule has 0 radical (unpaired) electrons. The molecule has 0 amide bonds. The molecule has 3 rings (SSSR count). The van der Waals surface area contributed by atoms with E-state index >= 15 is 0 Å². The van der Waals surface area contributed by atoms with Gasteiger partial charge >= 0.3 is 5.97 Å². The molecule has 32 heavy (non-hydrogen) atoms. The van der Waals surface area contributed by atoms with Crippen LogP contribution in [0, 0.1) is 6.92 Å². The van der Waals surface area contributed by atoms with Gasteiger partial charge < -0.3 is 45.2 Å². The van der Waals surface area contributed by atoms with Gasteiger partial charge in [-0.2, -0.15) is 0 Å². The number of aliphatic hydroxyl groups excluding tert-OH is 4. The van der Waals surface area contributed by atoms with E-state index in [1.807, 2.05) is 0 Å². The normalized spacial score (nSPS) is 25.3. The molecule has 5 atom stereocenters. The Bertz CT molecular complexity index is 1030. The first-order chi connectivity index (χ1) is 15.1. The molecule has 2 aromatic rings. The molecule has 1 aliphatic rings. The summed E-state index contributed by atoms with van der Waals surface area (Å²) in [6, 6.07) is 5.98. The summed E-state index contributed by atoms with van der Waals surface area (Å²) in [6.45, 7) is 0.809. The van der Waals surface area contributed by atoms with Crippen LogP contribution in [0.3, 0.4) is 0 Å². The summed E-state index contributed by atoms with van der Waals surface area (Å²) in [5.41, 5.74) is -1.25.